The molecule has 0 aliphatic carbocycles. The maximum atomic E-state index is 12.9. The Morgan fingerprint density at radius 3 is 2.16 bits per heavy atom. The van der Waals surface area contributed by atoms with Crippen LogP contribution in [0.2, 0.25) is 5.02 Å². The van der Waals surface area contributed by atoms with E-state index in [0.717, 1.165) is 0 Å². The number of anilines is 1. The third kappa shape index (κ3) is 5.80. The molecule has 0 atom stereocenters. The number of nitrogens with one attached hydrogen (secondary N) is 1. The minimum atomic E-state index is -0.169. The molecule has 1 heterocycles. The molecule has 0 aromatic heterocycles. The van der Waals surface area contributed by atoms with Crippen molar-refractivity contribution >= 4 is 29.1 Å². The second-order valence-electron chi connectivity index (χ2n) is 7.06. The summed E-state index contributed by atoms with van der Waals surface area (Å²) in [5, 5.41) is 3.35. The van der Waals surface area contributed by atoms with Gasteiger partial charge in [-0.15, -0.1) is 0 Å². The minimum absolute atomic E-state index is 0.0926. The first-order valence-electron chi connectivity index (χ1n) is 9.81. The predicted molar refractivity (Wildman–Crippen MR) is 119 cm³/mol. The van der Waals surface area contributed by atoms with Crippen LogP contribution in [0.4, 0.5) is 5.69 Å². The molecule has 1 aliphatic rings. The second kappa shape index (κ2) is 10.4. The van der Waals surface area contributed by atoms with Gasteiger partial charge in [0.2, 0.25) is 5.91 Å². The highest BCUT2D eigenvalue weighted by Crippen LogP contribution is 2.28. The molecule has 0 unspecified atom stereocenters. The van der Waals surface area contributed by atoms with Crippen molar-refractivity contribution in [2.45, 2.75) is 0 Å². The summed E-state index contributed by atoms with van der Waals surface area (Å²) in [5.74, 6) is 1.41. The minimum Gasteiger partial charge on any atom is -0.497 e. The fourth-order valence-electron chi connectivity index (χ4n) is 3.39. The van der Waals surface area contributed by atoms with E-state index in [0.29, 0.717) is 59.7 Å². The lowest BCUT2D eigenvalue weighted by Crippen LogP contribution is -2.50. The molecule has 2 aromatic rings. The van der Waals surface area contributed by atoms with Gasteiger partial charge in [-0.1, -0.05) is 11.6 Å². The van der Waals surface area contributed by atoms with E-state index < -0.39 is 0 Å². The van der Waals surface area contributed by atoms with Gasteiger partial charge in [0.25, 0.3) is 5.91 Å². The molecular weight excluding hydrogens is 422 g/mol. The number of rotatable bonds is 7. The topological polar surface area (TPSA) is 80.3 Å². The molecule has 1 aliphatic heterocycles. The monoisotopic (exact) mass is 447 g/mol. The number of methoxy groups -OCH3 is 3. The third-order valence-corrected chi connectivity index (χ3v) is 5.30. The number of hydrogen-bond acceptors (Lipinski definition) is 6. The number of nitrogens with zero attached hydrogens (tertiary/aromatic N) is 2. The molecule has 31 heavy (non-hydrogen) atoms. The fraction of sp³-hybridized carbons (Fsp3) is 0.364. The van der Waals surface area contributed by atoms with Crippen molar-refractivity contribution in [2.75, 3.05) is 59.4 Å². The fourth-order valence-corrected chi connectivity index (χ4v) is 3.57. The van der Waals surface area contributed by atoms with Gasteiger partial charge in [-0.3, -0.25) is 14.5 Å². The Labute approximate surface area is 186 Å². The van der Waals surface area contributed by atoms with Crippen molar-refractivity contribution < 1.29 is 23.8 Å². The lowest BCUT2D eigenvalue weighted by Gasteiger charge is -2.34. The molecule has 166 valence electrons. The molecule has 9 heteroatoms. The van der Waals surface area contributed by atoms with Crippen LogP contribution in [0.25, 0.3) is 0 Å². The Balaban J connectivity index is 1.55. The number of halogens is 1. The largest absolute Gasteiger partial charge is 0.497 e. The van der Waals surface area contributed by atoms with Gasteiger partial charge in [0.15, 0.2) is 0 Å². The van der Waals surface area contributed by atoms with E-state index in [9.17, 15) is 9.59 Å². The van der Waals surface area contributed by atoms with Gasteiger partial charge < -0.3 is 24.4 Å². The van der Waals surface area contributed by atoms with Crippen molar-refractivity contribution in [1.82, 2.24) is 9.80 Å². The second-order valence-corrected chi connectivity index (χ2v) is 7.50. The number of amides is 2. The molecule has 0 radical (unpaired) electrons. The molecule has 0 saturated carbocycles. The van der Waals surface area contributed by atoms with Crippen molar-refractivity contribution in [2.24, 2.45) is 0 Å². The smallest absolute Gasteiger partial charge is 0.254 e. The number of hydrogen-bond donors (Lipinski definition) is 1. The van der Waals surface area contributed by atoms with Crippen LogP contribution in [0.3, 0.4) is 0 Å². The highest BCUT2D eigenvalue weighted by Gasteiger charge is 2.24. The maximum absolute atomic E-state index is 12.9. The van der Waals surface area contributed by atoms with E-state index in [-0.39, 0.29) is 18.4 Å². The van der Waals surface area contributed by atoms with Gasteiger partial charge in [-0.05, 0) is 30.3 Å². The number of carbonyl (C=O) groups is 2. The molecule has 1 saturated heterocycles. The summed E-state index contributed by atoms with van der Waals surface area (Å²) in [6, 6.07) is 10.2. The quantitative estimate of drug-likeness (QED) is 0.703. The van der Waals surface area contributed by atoms with Crippen LogP contribution in [0.5, 0.6) is 17.2 Å². The van der Waals surface area contributed by atoms with Crippen LogP contribution in [0.1, 0.15) is 10.4 Å². The summed E-state index contributed by atoms with van der Waals surface area (Å²) in [5.41, 5.74) is 1.04. The zero-order chi connectivity index (χ0) is 22.4. The summed E-state index contributed by atoms with van der Waals surface area (Å²) in [7, 11) is 4.63. The summed E-state index contributed by atoms with van der Waals surface area (Å²) in [4.78, 5) is 29.1. The molecule has 8 nitrogen and oxygen atoms in total. The first-order chi connectivity index (χ1) is 14.9. The Morgan fingerprint density at radius 1 is 0.935 bits per heavy atom. The van der Waals surface area contributed by atoms with Gasteiger partial charge in [-0.25, -0.2) is 0 Å². The van der Waals surface area contributed by atoms with Crippen molar-refractivity contribution in [3.05, 3.63) is 47.0 Å². The average molecular weight is 448 g/mol. The summed E-state index contributed by atoms with van der Waals surface area (Å²) >= 11 is 6.01. The van der Waals surface area contributed by atoms with E-state index in [4.69, 9.17) is 25.8 Å². The predicted octanol–water partition coefficient (Wildman–Crippen LogP) is 2.76. The van der Waals surface area contributed by atoms with E-state index in [1.165, 1.54) is 7.11 Å². The van der Waals surface area contributed by atoms with Gasteiger partial charge in [0.05, 0.1) is 33.6 Å². The SMILES string of the molecule is COc1cc(OC)cc(C(=O)N2CCN(CC(=O)Nc3cc(Cl)ccc3OC)CC2)c1. The van der Waals surface area contributed by atoms with Crippen LogP contribution in [-0.2, 0) is 4.79 Å². The van der Waals surface area contributed by atoms with Crippen LogP contribution in [0, 0.1) is 0 Å². The molecule has 1 N–H and O–H groups in total. The van der Waals surface area contributed by atoms with Gasteiger partial charge in [-0.2, -0.15) is 0 Å². The van der Waals surface area contributed by atoms with Crippen LogP contribution in [0.15, 0.2) is 36.4 Å². The van der Waals surface area contributed by atoms with Crippen molar-refractivity contribution in [3.63, 3.8) is 0 Å². The summed E-state index contributed by atoms with van der Waals surface area (Å²) in [6.07, 6.45) is 0. The standard InChI is InChI=1S/C22H26ClN3O5/c1-29-17-10-15(11-18(13-17)30-2)22(28)26-8-6-25(7-9-26)14-21(27)24-19-12-16(23)4-5-20(19)31-3/h4-5,10-13H,6-9,14H2,1-3H3,(H,24,27). The highest BCUT2D eigenvalue weighted by molar-refractivity contribution is 6.31. The third-order valence-electron chi connectivity index (χ3n) is 5.06. The number of piperazine rings is 1. The average Bonchev–Trinajstić information content (AvgIpc) is 2.78. The van der Waals surface area contributed by atoms with Gasteiger partial charge in [0, 0.05) is 42.8 Å². The first kappa shape index (κ1) is 22.7. The zero-order valence-electron chi connectivity index (χ0n) is 17.8. The summed E-state index contributed by atoms with van der Waals surface area (Å²) < 4.78 is 15.8. The van der Waals surface area contributed by atoms with E-state index >= 15 is 0 Å². The van der Waals surface area contributed by atoms with Crippen LogP contribution < -0.4 is 19.5 Å². The zero-order valence-corrected chi connectivity index (χ0v) is 18.6. The van der Waals surface area contributed by atoms with Gasteiger partial charge in [0.1, 0.15) is 17.2 Å². The van der Waals surface area contributed by atoms with E-state index in [1.54, 1.807) is 55.5 Å². The molecule has 0 bridgehead atoms. The lowest BCUT2D eigenvalue weighted by atomic mass is 10.1. The number of benzene rings is 2. The lowest BCUT2D eigenvalue weighted by molar-refractivity contribution is -0.117. The van der Waals surface area contributed by atoms with E-state index in [1.807, 2.05) is 4.90 Å². The Morgan fingerprint density at radius 2 is 1.58 bits per heavy atom. The normalized spacial score (nSPS) is 14.1. The molecule has 1 fully saturated rings. The van der Waals surface area contributed by atoms with Crippen LogP contribution in [-0.4, -0.2) is 75.7 Å². The Bertz CT molecular complexity index is 922. The maximum Gasteiger partial charge on any atom is 0.254 e. The molecule has 2 amide bonds. The molecule has 2 aromatic carbocycles. The molecule has 0 spiro atoms. The Kier molecular flexibility index (Phi) is 7.59. The Hall–Kier alpha value is -2.97. The molecule has 3 rings (SSSR count). The number of ether oxygens (including phenoxy) is 3. The summed E-state index contributed by atoms with van der Waals surface area (Å²) in [6.45, 7) is 2.43. The van der Waals surface area contributed by atoms with Crippen molar-refractivity contribution in [3.8, 4) is 17.2 Å². The molecular formula is C22H26ClN3O5. The first-order valence-corrected chi connectivity index (χ1v) is 10.2. The highest BCUT2D eigenvalue weighted by atomic mass is 35.5. The van der Waals surface area contributed by atoms with Gasteiger partial charge >= 0.3 is 0 Å². The van der Waals surface area contributed by atoms with E-state index in [2.05, 4.69) is 5.32 Å². The number of carbonyl (C=O) groups excluding carboxylic acids is 2. The van der Waals surface area contributed by atoms with Crippen molar-refractivity contribution in [1.29, 1.82) is 0 Å². The van der Waals surface area contributed by atoms with Crippen LogP contribution >= 0.6 is 11.6 Å².